The third kappa shape index (κ3) is 3.34. The fourth-order valence-corrected chi connectivity index (χ4v) is 4.53. The summed E-state index contributed by atoms with van der Waals surface area (Å²) in [6.45, 7) is 1.87. The third-order valence-corrected chi connectivity index (χ3v) is 6.27. The highest BCUT2D eigenvalue weighted by Gasteiger charge is 2.32. The molecule has 0 saturated heterocycles. The van der Waals surface area contributed by atoms with Gasteiger partial charge in [0.2, 0.25) is 0 Å². The maximum atomic E-state index is 12.9. The third-order valence-electron chi connectivity index (χ3n) is 3.63. The number of benzene rings is 1. The summed E-state index contributed by atoms with van der Waals surface area (Å²) < 4.78 is 23.5. The van der Waals surface area contributed by atoms with Gasteiger partial charge in [-0.15, -0.1) is 11.3 Å². The van der Waals surface area contributed by atoms with Crippen molar-refractivity contribution in [1.82, 2.24) is 0 Å². The van der Waals surface area contributed by atoms with Crippen molar-refractivity contribution in [1.29, 1.82) is 0 Å². The molecule has 0 saturated carbocycles. The molecule has 0 radical (unpaired) electrons. The molecule has 0 N–H and O–H groups in total. The van der Waals surface area contributed by atoms with Crippen LogP contribution in [0.15, 0.2) is 47.2 Å². The van der Waals surface area contributed by atoms with Gasteiger partial charge in [-0.05, 0) is 42.1 Å². The average molecular weight is 368 g/mol. The summed E-state index contributed by atoms with van der Waals surface area (Å²) in [7, 11) is -3.27. The minimum atomic E-state index is -3.27. The van der Waals surface area contributed by atoms with Crippen molar-refractivity contribution in [2.75, 3.05) is 10.7 Å². The topological polar surface area (TPSA) is 54.5 Å². The van der Waals surface area contributed by atoms with E-state index in [1.165, 1.54) is 21.6 Å². The lowest BCUT2D eigenvalue weighted by atomic mass is 10.1. The summed E-state index contributed by atoms with van der Waals surface area (Å²) in [5.41, 5.74) is 1.49. The number of halogens is 1. The summed E-state index contributed by atoms with van der Waals surface area (Å²) in [6, 6.07) is 8.28. The van der Waals surface area contributed by atoms with Crippen LogP contribution in [-0.2, 0) is 9.84 Å². The quantitative estimate of drug-likeness (QED) is 0.831. The predicted molar refractivity (Wildman–Crippen MR) is 94.0 cm³/mol. The van der Waals surface area contributed by atoms with Crippen LogP contribution in [0.1, 0.15) is 15.2 Å². The van der Waals surface area contributed by atoms with E-state index >= 15 is 0 Å². The first kappa shape index (κ1) is 16.2. The highest BCUT2D eigenvalue weighted by Crippen LogP contribution is 2.29. The van der Waals surface area contributed by atoms with Gasteiger partial charge in [-0.1, -0.05) is 23.7 Å². The van der Waals surface area contributed by atoms with Crippen molar-refractivity contribution in [3.8, 4) is 0 Å². The molecule has 120 valence electrons. The van der Waals surface area contributed by atoms with Crippen LogP contribution in [0.3, 0.4) is 0 Å². The van der Waals surface area contributed by atoms with Gasteiger partial charge in [0, 0.05) is 16.1 Å². The molecule has 23 heavy (non-hydrogen) atoms. The Balaban J connectivity index is 2.05. The van der Waals surface area contributed by atoms with Crippen LogP contribution in [0.25, 0.3) is 0 Å². The molecular weight excluding hydrogens is 354 g/mol. The standard InChI is InChI=1S/C16H14ClNO3S2/c1-11-4-5-12(9-14(11)17)18(13-6-8-23(20,21)10-13)16(19)15-3-2-7-22-15/h2-9,13H,10H2,1H3/t13-/m1/s1. The number of nitrogens with zero attached hydrogens (tertiary/aromatic N) is 1. The van der Waals surface area contributed by atoms with E-state index in [9.17, 15) is 13.2 Å². The summed E-state index contributed by atoms with van der Waals surface area (Å²) in [4.78, 5) is 14.9. The lowest BCUT2D eigenvalue weighted by Gasteiger charge is -2.27. The average Bonchev–Trinajstić information content (AvgIpc) is 3.13. The maximum Gasteiger partial charge on any atom is 0.268 e. The first-order valence-electron chi connectivity index (χ1n) is 6.91. The van der Waals surface area contributed by atoms with Gasteiger partial charge in [0.05, 0.1) is 16.7 Å². The van der Waals surface area contributed by atoms with E-state index in [0.717, 1.165) is 5.56 Å². The number of hydrogen-bond donors (Lipinski definition) is 0. The molecule has 1 aromatic carbocycles. The van der Waals surface area contributed by atoms with E-state index < -0.39 is 15.9 Å². The van der Waals surface area contributed by atoms with Gasteiger partial charge < -0.3 is 0 Å². The molecular formula is C16H14ClNO3S2. The molecule has 0 spiro atoms. The van der Waals surface area contributed by atoms with Crippen LogP contribution in [0.5, 0.6) is 0 Å². The van der Waals surface area contributed by atoms with Gasteiger partial charge in [-0.25, -0.2) is 8.42 Å². The van der Waals surface area contributed by atoms with Crippen LogP contribution < -0.4 is 4.90 Å². The largest absolute Gasteiger partial charge is 0.300 e. The van der Waals surface area contributed by atoms with Crippen LogP contribution in [-0.4, -0.2) is 26.1 Å². The minimum Gasteiger partial charge on any atom is -0.300 e. The Labute approximate surface area is 143 Å². The van der Waals surface area contributed by atoms with Crippen molar-refractivity contribution in [2.45, 2.75) is 13.0 Å². The second-order valence-corrected chi connectivity index (χ2v) is 8.60. The highest BCUT2D eigenvalue weighted by molar-refractivity contribution is 7.94. The second kappa shape index (κ2) is 6.11. The molecule has 7 heteroatoms. The molecule has 4 nitrogen and oxygen atoms in total. The number of aryl methyl sites for hydroxylation is 1. The van der Waals surface area contributed by atoms with Crippen molar-refractivity contribution in [3.05, 3.63) is 62.7 Å². The molecule has 1 atom stereocenters. The second-order valence-electron chi connectivity index (χ2n) is 5.31. The molecule has 2 aromatic rings. The van der Waals surface area contributed by atoms with Crippen molar-refractivity contribution < 1.29 is 13.2 Å². The Morgan fingerprint density at radius 1 is 1.35 bits per heavy atom. The SMILES string of the molecule is Cc1ccc(N(C(=O)c2cccs2)[C@@H]2C=CS(=O)(=O)C2)cc1Cl. The molecule has 0 fully saturated rings. The van der Waals surface area contributed by atoms with Gasteiger partial charge in [-0.2, -0.15) is 0 Å². The van der Waals surface area contributed by atoms with E-state index in [1.807, 2.05) is 18.4 Å². The Morgan fingerprint density at radius 3 is 2.70 bits per heavy atom. The molecule has 0 bridgehead atoms. The lowest BCUT2D eigenvalue weighted by Crippen LogP contribution is -2.41. The van der Waals surface area contributed by atoms with E-state index in [4.69, 9.17) is 11.6 Å². The molecule has 1 aliphatic heterocycles. The number of hydrogen-bond acceptors (Lipinski definition) is 4. The summed E-state index contributed by atoms with van der Waals surface area (Å²) in [6.07, 6.45) is 1.55. The Kier molecular flexibility index (Phi) is 4.31. The fraction of sp³-hybridized carbons (Fsp3) is 0.188. The Morgan fingerprint density at radius 2 is 2.13 bits per heavy atom. The molecule has 1 aromatic heterocycles. The number of sulfone groups is 1. The number of carbonyl (C=O) groups is 1. The zero-order valence-electron chi connectivity index (χ0n) is 12.3. The molecule has 1 aliphatic rings. The molecule has 3 rings (SSSR count). The van der Waals surface area contributed by atoms with Gasteiger partial charge >= 0.3 is 0 Å². The number of carbonyl (C=O) groups excluding carboxylic acids is 1. The summed E-state index contributed by atoms with van der Waals surface area (Å²) >= 11 is 7.50. The zero-order valence-corrected chi connectivity index (χ0v) is 14.7. The van der Waals surface area contributed by atoms with Crippen LogP contribution in [0.2, 0.25) is 5.02 Å². The summed E-state index contributed by atoms with van der Waals surface area (Å²) in [5.74, 6) is -0.345. The normalized spacial score (nSPS) is 19.0. The number of rotatable bonds is 3. The van der Waals surface area contributed by atoms with E-state index in [1.54, 1.807) is 30.3 Å². The maximum absolute atomic E-state index is 12.9. The predicted octanol–water partition coefficient (Wildman–Crippen LogP) is 3.67. The van der Waals surface area contributed by atoms with Crippen molar-refractivity contribution in [2.24, 2.45) is 0 Å². The monoisotopic (exact) mass is 367 g/mol. The van der Waals surface area contributed by atoms with Crippen LogP contribution >= 0.6 is 22.9 Å². The Hall–Kier alpha value is -1.63. The number of anilines is 1. The van der Waals surface area contributed by atoms with Gasteiger partial charge in [0.1, 0.15) is 0 Å². The highest BCUT2D eigenvalue weighted by atomic mass is 35.5. The first-order chi connectivity index (χ1) is 10.9. The Bertz CT molecular complexity index is 873. The lowest BCUT2D eigenvalue weighted by molar-refractivity contribution is 0.0987. The zero-order chi connectivity index (χ0) is 16.6. The van der Waals surface area contributed by atoms with Gasteiger partial charge in [-0.3, -0.25) is 9.69 Å². The molecule has 0 aliphatic carbocycles. The minimum absolute atomic E-state index is 0.115. The molecule has 0 unspecified atom stereocenters. The van der Waals surface area contributed by atoms with Crippen molar-refractivity contribution in [3.63, 3.8) is 0 Å². The van der Waals surface area contributed by atoms with Crippen molar-refractivity contribution >= 4 is 44.4 Å². The fourth-order valence-electron chi connectivity index (χ4n) is 2.43. The smallest absolute Gasteiger partial charge is 0.268 e. The van der Waals surface area contributed by atoms with Crippen LogP contribution in [0.4, 0.5) is 5.69 Å². The van der Waals surface area contributed by atoms with Gasteiger partial charge in [0.25, 0.3) is 5.91 Å². The van der Waals surface area contributed by atoms with E-state index in [-0.39, 0.29) is 11.7 Å². The molecule has 2 heterocycles. The number of amides is 1. The van der Waals surface area contributed by atoms with Crippen LogP contribution in [0, 0.1) is 6.92 Å². The van der Waals surface area contributed by atoms with E-state index in [0.29, 0.717) is 15.6 Å². The molecule has 1 amide bonds. The van der Waals surface area contributed by atoms with E-state index in [2.05, 4.69) is 0 Å². The van der Waals surface area contributed by atoms with Gasteiger partial charge in [0.15, 0.2) is 9.84 Å². The summed E-state index contributed by atoms with van der Waals surface area (Å²) in [5, 5.41) is 3.52. The first-order valence-corrected chi connectivity index (χ1v) is 9.89. The number of thiophene rings is 1.